The summed E-state index contributed by atoms with van der Waals surface area (Å²) in [6.07, 6.45) is 2.61. The molecule has 2 aromatic rings. The molecule has 0 unspecified atom stereocenters. The van der Waals surface area contributed by atoms with Gasteiger partial charge in [0.1, 0.15) is 0 Å². The van der Waals surface area contributed by atoms with Gasteiger partial charge in [0.25, 0.3) is 0 Å². The lowest BCUT2D eigenvalue weighted by Crippen LogP contribution is -2.23. The van der Waals surface area contributed by atoms with E-state index in [2.05, 4.69) is 15.6 Å². The second-order valence-corrected chi connectivity index (χ2v) is 4.38. The smallest absolute Gasteiger partial charge is 0.408 e. The molecule has 1 aromatic heterocycles. The lowest BCUT2D eigenvalue weighted by atomic mass is 10.3. The molecule has 0 atom stereocenters. The molecular weight excluding hydrogens is 218 g/mol. The monoisotopic (exact) mass is 233 g/mol. The minimum Gasteiger partial charge on any atom is -0.408 e. The van der Waals surface area contributed by atoms with Crippen LogP contribution in [0.1, 0.15) is 12.8 Å². The number of anilines is 1. The van der Waals surface area contributed by atoms with Crippen LogP contribution in [0.4, 0.5) is 5.69 Å². The summed E-state index contributed by atoms with van der Waals surface area (Å²) in [5.74, 6) is -0.410. The largest absolute Gasteiger partial charge is 0.417 e. The fourth-order valence-electron chi connectivity index (χ4n) is 1.83. The highest BCUT2D eigenvalue weighted by molar-refractivity contribution is 5.76. The molecule has 0 bridgehead atoms. The molecule has 1 heterocycles. The fourth-order valence-corrected chi connectivity index (χ4v) is 1.83. The van der Waals surface area contributed by atoms with Gasteiger partial charge in [-0.3, -0.25) is 4.98 Å². The molecule has 0 spiro atoms. The molecule has 0 saturated heterocycles. The number of H-pyrrole nitrogens is 1. The number of hydrogen-bond donors (Lipinski definition) is 3. The van der Waals surface area contributed by atoms with Crippen molar-refractivity contribution in [1.82, 2.24) is 10.3 Å². The first-order chi connectivity index (χ1) is 8.31. The van der Waals surface area contributed by atoms with Gasteiger partial charge in [-0.2, -0.15) is 0 Å². The van der Waals surface area contributed by atoms with Crippen molar-refractivity contribution in [2.24, 2.45) is 0 Å². The average molecular weight is 233 g/mol. The maximum Gasteiger partial charge on any atom is 0.417 e. The summed E-state index contributed by atoms with van der Waals surface area (Å²) in [6.45, 7) is 1.83. The molecule has 1 aliphatic rings. The highest BCUT2D eigenvalue weighted by Gasteiger charge is 2.19. The standard InChI is InChI=1S/C12H15N3O2/c16-12-15-10-4-3-9(7-11(10)17-12)14-6-5-13-8-1-2-8/h3-4,7-8,13-14H,1-2,5-6H2,(H,15,16). The van der Waals surface area contributed by atoms with Gasteiger partial charge in [-0.15, -0.1) is 0 Å². The van der Waals surface area contributed by atoms with Gasteiger partial charge in [0.2, 0.25) is 0 Å². The van der Waals surface area contributed by atoms with Gasteiger partial charge in [0, 0.05) is 30.9 Å². The number of hydrogen-bond acceptors (Lipinski definition) is 4. The van der Waals surface area contributed by atoms with Crippen molar-refractivity contribution in [2.75, 3.05) is 18.4 Å². The summed E-state index contributed by atoms with van der Waals surface area (Å²) >= 11 is 0. The third kappa shape index (κ3) is 2.50. The molecular formula is C12H15N3O2. The molecule has 5 heteroatoms. The lowest BCUT2D eigenvalue weighted by Gasteiger charge is -2.06. The maximum atomic E-state index is 11.0. The van der Waals surface area contributed by atoms with Crippen LogP contribution < -0.4 is 16.4 Å². The Hall–Kier alpha value is -1.75. The maximum absolute atomic E-state index is 11.0. The lowest BCUT2D eigenvalue weighted by molar-refractivity contribution is 0.555. The Balaban J connectivity index is 1.61. The summed E-state index contributed by atoms with van der Waals surface area (Å²) in [5.41, 5.74) is 2.30. The van der Waals surface area contributed by atoms with E-state index in [0.717, 1.165) is 30.3 Å². The van der Waals surface area contributed by atoms with Gasteiger partial charge in [0.15, 0.2) is 5.58 Å². The summed E-state index contributed by atoms with van der Waals surface area (Å²) < 4.78 is 5.00. The van der Waals surface area contributed by atoms with Crippen LogP contribution in [0.25, 0.3) is 11.1 Å². The van der Waals surface area contributed by atoms with Crippen LogP contribution in [0.2, 0.25) is 0 Å². The summed E-state index contributed by atoms with van der Waals surface area (Å²) in [6, 6.07) is 6.36. The SMILES string of the molecule is O=c1[nH]c2ccc(NCCNC3CC3)cc2o1. The highest BCUT2D eigenvalue weighted by atomic mass is 16.4. The zero-order valence-electron chi connectivity index (χ0n) is 9.45. The van der Waals surface area contributed by atoms with Crippen molar-refractivity contribution in [1.29, 1.82) is 0 Å². The Morgan fingerprint density at radius 2 is 2.24 bits per heavy atom. The highest BCUT2D eigenvalue weighted by Crippen LogP contribution is 2.18. The second-order valence-electron chi connectivity index (χ2n) is 4.38. The Morgan fingerprint density at radius 1 is 1.35 bits per heavy atom. The summed E-state index contributed by atoms with van der Waals surface area (Å²) in [7, 11) is 0. The van der Waals surface area contributed by atoms with Crippen molar-refractivity contribution in [3.63, 3.8) is 0 Å². The molecule has 0 aliphatic heterocycles. The number of aromatic nitrogens is 1. The van der Waals surface area contributed by atoms with Crippen molar-refractivity contribution < 1.29 is 4.42 Å². The number of oxazole rings is 1. The van der Waals surface area contributed by atoms with Gasteiger partial charge in [-0.1, -0.05) is 0 Å². The Kier molecular flexibility index (Phi) is 2.60. The molecule has 90 valence electrons. The van der Waals surface area contributed by atoms with Crippen LogP contribution in [0, 0.1) is 0 Å². The molecule has 17 heavy (non-hydrogen) atoms. The van der Waals surface area contributed by atoms with Gasteiger partial charge in [-0.05, 0) is 25.0 Å². The Labute approximate surface area is 98.2 Å². The van der Waals surface area contributed by atoms with E-state index in [9.17, 15) is 4.79 Å². The summed E-state index contributed by atoms with van der Waals surface area (Å²) in [5, 5.41) is 6.72. The molecule has 1 saturated carbocycles. The zero-order valence-corrected chi connectivity index (χ0v) is 9.45. The fraction of sp³-hybridized carbons (Fsp3) is 0.417. The third-order valence-corrected chi connectivity index (χ3v) is 2.89. The number of benzene rings is 1. The Morgan fingerprint density at radius 3 is 3.06 bits per heavy atom. The molecule has 0 radical (unpaired) electrons. The van der Waals surface area contributed by atoms with Crippen molar-refractivity contribution in [3.8, 4) is 0 Å². The average Bonchev–Trinajstić information content (AvgIpc) is 3.05. The Bertz CT molecular complexity index is 568. The first-order valence-corrected chi connectivity index (χ1v) is 5.91. The van der Waals surface area contributed by atoms with E-state index < -0.39 is 5.76 Å². The molecule has 3 rings (SSSR count). The minimum atomic E-state index is -0.410. The number of aromatic amines is 1. The van der Waals surface area contributed by atoms with Gasteiger partial charge >= 0.3 is 5.76 Å². The zero-order chi connectivity index (χ0) is 11.7. The number of fused-ring (bicyclic) bond motifs is 1. The van der Waals surface area contributed by atoms with Gasteiger partial charge in [0.05, 0.1) is 5.52 Å². The predicted octanol–water partition coefficient (Wildman–Crippen LogP) is 1.28. The third-order valence-electron chi connectivity index (χ3n) is 2.89. The van der Waals surface area contributed by atoms with E-state index >= 15 is 0 Å². The van der Waals surface area contributed by atoms with Crippen molar-refractivity contribution in [2.45, 2.75) is 18.9 Å². The summed E-state index contributed by atoms with van der Waals surface area (Å²) in [4.78, 5) is 13.6. The van der Waals surface area contributed by atoms with Crippen LogP contribution in [0.15, 0.2) is 27.4 Å². The van der Waals surface area contributed by atoms with E-state index in [1.807, 2.05) is 18.2 Å². The van der Waals surface area contributed by atoms with Crippen LogP contribution in [-0.4, -0.2) is 24.1 Å². The van der Waals surface area contributed by atoms with Gasteiger partial charge < -0.3 is 15.1 Å². The van der Waals surface area contributed by atoms with Crippen LogP contribution in [0.5, 0.6) is 0 Å². The molecule has 1 aromatic carbocycles. The number of rotatable bonds is 5. The van der Waals surface area contributed by atoms with E-state index in [1.165, 1.54) is 12.8 Å². The van der Waals surface area contributed by atoms with Crippen LogP contribution in [-0.2, 0) is 0 Å². The van der Waals surface area contributed by atoms with Crippen molar-refractivity contribution in [3.05, 3.63) is 28.7 Å². The quantitative estimate of drug-likeness (QED) is 0.680. The minimum absolute atomic E-state index is 0.410. The molecule has 1 fully saturated rings. The van der Waals surface area contributed by atoms with Crippen LogP contribution in [0.3, 0.4) is 0 Å². The van der Waals surface area contributed by atoms with Gasteiger partial charge in [-0.25, -0.2) is 4.79 Å². The molecule has 5 nitrogen and oxygen atoms in total. The van der Waals surface area contributed by atoms with E-state index in [1.54, 1.807) is 0 Å². The van der Waals surface area contributed by atoms with Crippen molar-refractivity contribution >= 4 is 16.8 Å². The first-order valence-electron chi connectivity index (χ1n) is 5.91. The molecule has 3 N–H and O–H groups in total. The molecule has 1 aliphatic carbocycles. The predicted molar refractivity (Wildman–Crippen MR) is 66.3 cm³/mol. The van der Waals surface area contributed by atoms with E-state index in [4.69, 9.17) is 4.42 Å². The van der Waals surface area contributed by atoms with E-state index in [-0.39, 0.29) is 0 Å². The normalized spacial score (nSPS) is 15.3. The molecule has 0 amide bonds. The number of nitrogens with one attached hydrogen (secondary N) is 3. The first kappa shape index (κ1) is 10.4. The topological polar surface area (TPSA) is 70.1 Å². The van der Waals surface area contributed by atoms with E-state index in [0.29, 0.717) is 5.58 Å². The van der Waals surface area contributed by atoms with Crippen LogP contribution >= 0.6 is 0 Å². The second kappa shape index (κ2) is 4.25.